The lowest BCUT2D eigenvalue weighted by Gasteiger charge is -2.41. The number of hydrogen-bond acceptors (Lipinski definition) is 6. The molecule has 3 aromatic heterocycles. The van der Waals surface area contributed by atoms with Crippen molar-refractivity contribution < 1.29 is 13.9 Å². The first kappa shape index (κ1) is 22.5. The summed E-state index contributed by atoms with van der Waals surface area (Å²) in [6, 6.07) is 1.46. The van der Waals surface area contributed by atoms with Gasteiger partial charge in [-0.2, -0.15) is 0 Å². The fourth-order valence-electron chi connectivity index (χ4n) is 4.49. The normalized spacial score (nSPS) is 16.6. The third kappa shape index (κ3) is 4.70. The van der Waals surface area contributed by atoms with Gasteiger partial charge in [0.05, 0.1) is 24.2 Å². The lowest BCUT2D eigenvalue weighted by molar-refractivity contribution is -0.144. The maximum absolute atomic E-state index is 14.8. The molecular weight excluding hydrogens is 433 g/mol. The summed E-state index contributed by atoms with van der Waals surface area (Å²) in [5, 5.41) is 4.46. The number of pyridine rings is 1. The number of anilines is 1. The van der Waals surface area contributed by atoms with E-state index >= 15 is 0 Å². The molecule has 3 heterocycles. The van der Waals surface area contributed by atoms with Crippen LogP contribution in [-0.2, 0) is 9.53 Å². The van der Waals surface area contributed by atoms with Crippen molar-refractivity contribution in [2.24, 2.45) is 5.41 Å². The maximum Gasteiger partial charge on any atom is 0.307 e. The fourth-order valence-corrected chi connectivity index (χ4v) is 4.65. The van der Waals surface area contributed by atoms with Gasteiger partial charge in [0.25, 0.3) is 0 Å². The number of rotatable bonds is 7. The van der Waals surface area contributed by atoms with Gasteiger partial charge in [0.1, 0.15) is 5.65 Å². The second kappa shape index (κ2) is 9.40. The molecule has 4 rings (SSSR count). The molecule has 0 saturated heterocycles. The minimum absolute atomic E-state index is 0.0698. The molecule has 2 N–H and O–H groups in total. The van der Waals surface area contributed by atoms with E-state index in [1.807, 2.05) is 0 Å². The van der Waals surface area contributed by atoms with Gasteiger partial charge >= 0.3 is 5.97 Å². The van der Waals surface area contributed by atoms with Crippen LogP contribution in [0.2, 0.25) is 5.02 Å². The molecule has 1 aliphatic carbocycles. The van der Waals surface area contributed by atoms with Gasteiger partial charge in [-0.1, -0.05) is 37.8 Å². The smallest absolute Gasteiger partial charge is 0.307 e. The minimum Gasteiger partial charge on any atom is -0.466 e. The molecule has 7 nitrogen and oxygen atoms in total. The van der Waals surface area contributed by atoms with Crippen molar-refractivity contribution in [3.05, 3.63) is 35.5 Å². The zero-order chi connectivity index (χ0) is 22.7. The lowest BCUT2D eigenvalue weighted by Crippen LogP contribution is -2.42. The Hall–Kier alpha value is -2.74. The Kier molecular flexibility index (Phi) is 6.60. The first-order valence-electron chi connectivity index (χ1n) is 11.0. The molecule has 3 aromatic rings. The van der Waals surface area contributed by atoms with Crippen LogP contribution in [0.1, 0.15) is 52.4 Å². The Bertz CT molecular complexity index is 1110. The molecule has 1 atom stereocenters. The van der Waals surface area contributed by atoms with E-state index in [2.05, 4.69) is 32.2 Å². The van der Waals surface area contributed by atoms with Gasteiger partial charge in [0, 0.05) is 29.4 Å². The van der Waals surface area contributed by atoms with Crippen LogP contribution < -0.4 is 5.32 Å². The average Bonchev–Trinajstić information content (AvgIpc) is 3.18. The molecule has 0 amide bonds. The highest BCUT2D eigenvalue weighted by molar-refractivity contribution is 6.31. The molecule has 0 aromatic carbocycles. The number of carbonyl (C=O) groups excluding carboxylic acids is 1. The standard InChI is InChI=1S/C23H27ClFN5O2/c1-3-32-19(31)10-18(23(2)7-5-4-6-8-23)29-22-17(25)13-28-21(30-22)16-12-27-20-15(16)9-14(24)11-26-20/h9,11-13,18H,3-8,10H2,1-2H3,(H,26,27)(H,28,29,30). The van der Waals surface area contributed by atoms with E-state index in [4.69, 9.17) is 16.3 Å². The topological polar surface area (TPSA) is 92.8 Å². The zero-order valence-electron chi connectivity index (χ0n) is 18.3. The number of carbonyl (C=O) groups is 1. The Morgan fingerprint density at radius 3 is 2.84 bits per heavy atom. The molecule has 1 aliphatic rings. The Balaban J connectivity index is 1.67. The van der Waals surface area contributed by atoms with Crippen molar-refractivity contribution in [2.45, 2.75) is 58.4 Å². The van der Waals surface area contributed by atoms with E-state index < -0.39 is 5.82 Å². The summed E-state index contributed by atoms with van der Waals surface area (Å²) in [4.78, 5) is 28.3. The van der Waals surface area contributed by atoms with Gasteiger partial charge in [0.2, 0.25) is 0 Å². The summed E-state index contributed by atoms with van der Waals surface area (Å²) in [6.07, 6.45) is 9.81. The maximum atomic E-state index is 14.8. The first-order valence-corrected chi connectivity index (χ1v) is 11.3. The number of fused-ring (bicyclic) bond motifs is 1. The van der Waals surface area contributed by atoms with Crippen LogP contribution in [0.3, 0.4) is 0 Å². The molecule has 0 spiro atoms. The van der Waals surface area contributed by atoms with Crippen LogP contribution in [0.25, 0.3) is 22.4 Å². The summed E-state index contributed by atoms with van der Waals surface area (Å²) in [7, 11) is 0. The minimum atomic E-state index is -0.571. The highest BCUT2D eigenvalue weighted by Gasteiger charge is 2.37. The molecule has 1 fully saturated rings. The molecule has 0 radical (unpaired) electrons. The van der Waals surface area contributed by atoms with E-state index in [1.165, 1.54) is 6.42 Å². The number of hydrogen-bond donors (Lipinski definition) is 2. The van der Waals surface area contributed by atoms with Crippen molar-refractivity contribution in [1.82, 2.24) is 19.9 Å². The Morgan fingerprint density at radius 1 is 1.31 bits per heavy atom. The van der Waals surface area contributed by atoms with Gasteiger partial charge in [-0.15, -0.1) is 0 Å². The quantitative estimate of drug-likeness (QED) is 0.452. The number of esters is 1. The van der Waals surface area contributed by atoms with Crippen LogP contribution in [0, 0.1) is 11.2 Å². The van der Waals surface area contributed by atoms with Gasteiger partial charge in [-0.25, -0.2) is 19.3 Å². The third-order valence-corrected chi connectivity index (χ3v) is 6.51. The van der Waals surface area contributed by atoms with E-state index in [0.717, 1.165) is 37.3 Å². The van der Waals surface area contributed by atoms with E-state index in [1.54, 1.807) is 25.4 Å². The second-order valence-electron chi connectivity index (χ2n) is 8.56. The SMILES string of the molecule is CCOC(=O)CC(Nc1nc(-c2c[nH]c3ncc(Cl)cc23)ncc1F)C1(C)CCCCC1. The number of nitrogens with one attached hydrogen (secondary N) is 2. The van der Waals surface area contributed by atoms with Crippen molar-refractivity contribution >= 4 is 34.4 Å². The Labute approximate surface area is 191 Å². The van der Waals surface area contributed by atoms with E-state index in [-0.39, 0.29) is 29.7 Å². The Morgan fingerprint density at radius 2 is 2.09 bits per heavy atom. The van der Waals surface area contributed by atoms with E-state index in [9.17, 15) is 9.18 Å². The number of H-pyrrole nitrogens is 1. The molecule has 32 heavy (non-hydrogen) atoms. The second-order valence-corrected chi connectivity index (χ2v) is 9.00. The summed E-state index contributed by atoms with van der Waals surface area (Å²) < 4.78 is 20.0. The van der Waals surface area contributed by atoms with Crippen LogP contribution in [0.4, 0.5) is 10.2 Å². The number of aromatic nitrogens is 4. The lowest BCUT2D eigenvalue weighted by atomic mass is 9.69. The molecule has 9 heteroatoms. The highest BCUT2D eigenvalue weighted by atomic mass is 35.5. The summed E-state index contributed by atoms with van der Waals surface area (Å²) in [5.74, 6) is -0.463. The molecule has 1 saturated carbocycles. The number of aromatic amines is 1. The molecular formula is C23H27ClFN5O2. The third-order valence-electron chi connectivity index (χ3n) is 6.31. The first-order chi connectivity index (χ1) is 15.4. The zero-order valence-corrected chi connectivity index (χ0v) is 19.0. The molecule has 0 bridgehead atoms. The van der Waals surface area contributed by atoms with Crippen LogP contribution in [0.15, 0.2) is 24.7 Å². The summed E-state index contributed by atoms with van der Waals surface area (Å²) in [6.45, 7) is 4.24. The fraction of sp³-hybridized carbons (Fsp3) is 0.478. The predicted octanol–water partition coefficient (Wildman–Crippen LogP) is 5.52. The van der Waals surface area contributed by atoms with Crippen LogP contribution >= 0.6 is 11.6 Å². The van der Waals surface area contributed by atoms with Gasteiger partial charge in [-0.05, 0) is 31.2 Å². The molecule has 170 valence electrons. The van der Waals surface area contributed by atoms with Crippen molar-refractivity contribution in [1.29, 1.82) is 0 Å². The van der Waals surface area contributed by atoms with Crippen molar-refractivity contribution in [3.8, 4) is 11.4 Å². The summed E-state index contributed by atoms with van der Waals surface area (Å²) in [5.41, 5.74) is 1.14. The van der Waals surface area contributed by atoms with Crippen LogP contribution in [-0.4, -0.2) is 38.6 Å². The molecule has 1 unspecified atom stereocenters. The van der Waals surface area contributed by atoms with Gasteiger partial charge < -0.3 is 15.0 Å². The van der Waals surface area contributed by atoms with Gasteiger partial charge in [-0.3, -0.25) is 4.79 Å². The number of ether oxygens (including phenoxy) is 1. The highest BCUT2D eigenvalue weighted by Crippen LogP contribution is 2.41. The molecule has 0 aliphatic heterocycles. The van der Waals surface area contributed by atoms with Crippen molar-refractivity contribution in [2.75, 3.05) is 11.9 Å². The monoisotopic (exact) mass is 459 g/mol. The van der Waals surface area contributed by atoms with Gasteiger partial charge in [0.15, 0.2) is 17.5 Å². The predicted molar refractivity (Wildman–Crippen MR) is 122 cm³/mol. The summed E-state index contributed by atoms with van der Waals surface area (Å²) >= 11 is 6.10. The van der Waals surface area contributed by atoms with Crippen LogP contribution in [0.5, 0.6) is 0 Å². The van der Waals surface area contributed by atoms with Crippen molar-refractivity contribution in [3.63, 3.8) is 0 Å². The van der Waals surface area contributed by atoms with E-state index in [0.29, 0.717) is 28.7 Å². The number of halogens is 2. The number of nitrogens with zero attached hydrogens (tertiary/aromatic N) is 3. The average molecular weight is 460 g/mol. The largest absolute Gasteiger partial charge is 0.466 e.